The molecule has 0 aliphatic heterocycles. The van der Waals surface area contributed by atoms with Crippen LogP contribution in [0, 0.1) is 0 Å². The van der Waals surface area contributed by atoms with Crippen LogP contribution in [0.25, 0.3) is 0 Å². The van der Waals surface area contributed by atoms with E-state index >= 15 is 0 Å². The highest BCUT2D eigenvalue weighted by atomic mass is 35.5. The van der Waals surface area contributed by atoms with Gasteiger partial charge in [0.05, 0.1) is 0 Å². The van der Waals surface area contributed by atoms with E-state index in [1.807, 2.05) is 12.1 Å². The second kappa shape index (κ2) is 7.50. The first-order chi connectivity index (χ1) is 8.61. The molecular formula is C13H15ClN2O2. The summed E-state index contributed by atoms with van der Waals surface area (Å²) < 4.78 is 0. The van der Waals surface area contributed by atoms with Gasteiger partial charge in [-0.3, -0.25) is 9.59 Å². The fourth-order valence-electron chi connectivity index (χ4n) is 1.26. The molecule has 1 rings (SSSR count). The zero-order valence-electron chi connectivity index (χ0n) is 9.91. The van der Waals surface area contributed by atoms with Gasteiger partial charge in [0.25, 0.3) is 0 Å². The molecule has 0 atom stereocenters. The zero-order valence-corrected chi connectivity index (χ0v) is 10.7. The van der Waals surface area contributed by atoms with E-state index in [4.69, 9.17) is 11.6 Å². The number of carbonyl (C=O) groups is 2. The lowest BCUT2D eigenvalue weighted by Crippen LogP contribution is -2.31. The van der Waals surface area contributed by atoms with Crippen LogP contribution in [0.15, 0.2) is 36.9 Å². The molecule has 0 unspecified atom stereocenters. The Kier molecular flexibility index (Phi) is 5.94. The van der Waals surface area contributed by atoms with E-state index in [1.165, 1.54) is 0 Å². The molecule has 2 amide bonds. The van der Waals surface area contributed by atoms with E-state index in [-0.39, 0.29) is 18.2 Å². The van der Waals surface area contributed by atoms with Crippen LogP contribution in [-0.4, -0.2) is 18.4 Å². The van der Waals surface area contributed by atoms with Crippen LogP contribution < -0.4 is 10.6 Å². The third kappa shape index (κ3) is 5.50. The van der Waals surface area contributed by atoms with E-state index in [0.717, 1.165) is 5.56 Å². The molecule has 1 aromatic rings. The lowest BCUT2D eigenvalue weighted by molar-refractivity contribution is -0.129. The summed E-state index contributed by atoms with van der Waals surface area (Å²) in [6.07, 6.45) is 1.38. The highest BCUT2D eigenvalue weighted by molar-refractivity contribution is 6.30. The summed E-state index contributed by atoms with van der Waals surface area (Å²) in [5.74, 6) is -0.630. The monoisotopic (exact) mass is 266 g/mol. The number of carbonyl (C=O) groups excluding carboxylic acids is 2. The first kappa shape index (κ1) is 14.3. The molecule has 0 heterocycles. The summed E-state index contributed by atoms with van der Waals surface area (Å²) in [4.78, 5) is 22.7. The van der Waals surface area contributed by atoms with Gasteiger partial charge in [0.2, 0.25) is 11.8 Å². The zero-order chi connectivity index (χ0) is 13.4. The van der Waals surface area contributed by atoms with Crippen molar-refractivity contribution in [2.75, 3.05) is 6.54 Å². The van der Waals surface area contributed by atoms with Gasteiger partial charge in [0.1, 0.15) is 6.42 Å². The average Bonchev–Trinajstić information content (AvgIpc) is 2.35. The van der Waals surface area contributed by atoms with Gasteiger partial charge in [-0.1, -0.05) is 29.8 Å². The van der Waals surface area contributed by atoms with Crippen molar-refractivity contribution in [1.29, 1.82) is 0 Å². The van der Waals surface area contributed by atoms with E-state index in [1.54, 1.807) is 18.2 Å². The topological polar surface area (TPSA) is 58.2 Å². The van der Waals surface area contributed by atoms with Gasteiger partial charge in [-0.2, -0.15) is 0 Å². The van der Waals surface area contributed by atoms with Crippen molar-refractivity contribution in [3.63, 3.8) is 0 Å². The van der Waals surface area contributed by atoms with Gasteiger partial charge in [-0.25, -0.2) is 0 Å². The molecule has 2 N–H and O–H groups in total. The fraction of sp³-hybridized carbons (Fsp3) is 0.231. The Morgan fingerprint density at radius 3 is 2.39 bits per heavy atom. The Bertz CT molecular complexity index is 429. The minimum Gasteiger partial charge on any atom is -0.352 e. The molecule has 0 aromatic heterocycles. The quantitative estimate of drug-likeness (QED) is 0.608. The van der Waals surface area contributed by atoms with Crippen LogP contribution in [0.4, 0.5) is 0 Å². The molecule has 4 nitrogen and oxygen atoms in total. The molecule has 0 fully saturated rings. The summed E-state index contributed by atoms with van der Waals surface area (Å²) in [6.45, 7) is 4.21. The lowest BCUT2D eigenvalue weighted by atomic mass is 10.2. The molecule has 0 bridgehead atoms. The predicted octanol–water partition coefficient (Wildman–Crippen LogP) is 1.65. The minimum atomic E-state index is -0.316. The first-order valence-corrected chi connectivity index (χ1v) is 5.88. The standard InChI is InChI=1S/C13H15ClN2O2/c1-2-7-15-12(17)8-13(18)16-9-10-3-5-11(14)6-4-10/h2-6H,1,7-9H2,(H,15,17)(H,16,18). The highest BCUT2D eigenvalue weighted by Crippen LogP contribution is 2.09. The van der Waals surface area contributed by atoms with E-state index in [2.05, 4.69) is 17.2 Å². The Labute approximate surface area is 111 Å². The van der Waals surface area contributed by atoms with Crippen LogP contribution in [-0.2, 0) is 16.1 Å². The Morgan fingerprint density at radius 2 is 1.78 bits per heavy atom. The van der Waals surface area contributed by atoms with Gasteiger partial charge < -0.3 is 10.6 Å². The van der Waals surface area contributed by atoms with Crippen LogP contribution in [0.2, 0.25) is 5.02 Å². The van der Waals surface area contributed by atoms with E-state index in [9.17, 15) is 9.59 Å². The Hall–Kier alpha value is -1.81. The van der Waals surface area contributed by atoms with Gasteiger partial charge in [0, 0.05) is 18.1 Å². The number of rotatable bonds is 6. The van der Waals surface area contributed by atoms with Crippen molar-refractivity contribution in [1.82, 2.24) is 10.6 Å². The molecule has 18 heavy (non-hydrogen) atoms. The van der Waals surface area contributed by atoms with E-state index in [0.29, 0.717) is 18.1 Å². The second-order valence-corrected chi connectivity index (χ2v) is 4.11. The first-order valence-electron chi connectivity index (χ1n) is 5.50. The number of benzene rings is 1. The molecule has 0 radical (unpaired) electrons. The summed E-state index contributed by atoms with van der Waals surface area (Å²) in [6, 6.07) is 7.14. The van der Waals surface area contributed by atoms with Crippen LogP contribution >= 0.6 is 11.6 Å². The van der Waals surface area contributed by atoms with E-state index < -0.39 is 0 Å². The fourth-order valence-corrected chi connectivity index (χ4v) is 1.39. The third-order valence-corrected chi connectivity index (χ3v) is 2.42. The van der Waals surface area contributed by atoms with Crippen LogP contribution in [0.1, 0.15) is 12.0 Å². The number of hydrogen-bond acceptors (Lipinski definition) is 2. The summed E-state index contributed by atoms with van der Waals surface area (Å²) in [5, 5.41) is 5.84. The molecule has 0 aliphatic carbocycles. The van der Waals surface area contributed by atoms with Gasteiger partial charge in [0.15, 0.2) is 0 Å². The molecule has 0 aliphatic rings. The maximum atomic E-state index is 11.4. The molecular weight excluding hydrogens is 252 g/mol. The second-order valence-electron chi connectivity index (χ2n) is 3.67. The van der Waals surface area contributed by atoms with Crippen molar-refractivity contribution < 1.29 is 9.59 Å². The predicted molar refractivity (Wildman–Crippen MR) is 71.1 cm³/mol. The smallest absolute Gasteiger partial charge is 0.229 e. The molecule has 5 heteroatoms. The Morgan fingerprint density at radius 1 is 1.17 bits per heavy atom. The third-order valence-electron chi connectivity index (χ3n) is 2.17. The van der Waals surface area contributed by atoms with Crippen molar-refractivity contribution in [2.45, 2.75) is 13.0 Å². The van der Waals surface area contributed by atoms with Crippen molar-refractivity contribution in [2.24, 2.45) is 0 Å². The molecule has 0 spiro atoms. The lowest BCUT2D eigenvalue weighted by Gasteiger charge is -2.05. The minimum absolute atomic E-state index is 0.179. The Balaban J connectivity index is 2.30. The van der Waals surface area contributed by atoms with Crippen LogP contribution in [0.3, 0.4) is 0 Å². The van der Waals surface area contributed by atoms with Crippen LogP contribution in [0.5, 0.6) is 0 Å². The summed E-state index contributed by atoms with van der Waals surface area (Å²) in [5.41, 5.74) is 0.930. The molecule has 1 aromatic carbocycles. The molecule has 96 valence electrons. The van der Waals surface area contributed by atoms with Gasteiger partial charge in [-0.05, 0) is 17.7 Å². The maximum absolute atomic E-state index is 11.4. The van der Waals surface area contributed by atoms with Crippen molar-refractivity contribution in [3.8, 4) is 0 Å². The number of hydrogen-bond donors (Lipinski definition) is 2. The van der Waals surface area contributed by atoms with Crippen molar-refractivity contribution in [3.05, 3.63) is 47.5 Å². The van der Waals surface area contributed by atoms with Gasteiger partial charge in [-0.15, -0.1) is 6.58 Å². The normalized spacial score (nSPS) is 9.61. The number of nitrogens with one attached hydrogen (secondary N) is 2. The highest BCUT2D eigenvalue weighted by Gasteiger charge is 2.07. The number of amides is 2. The molecule has 0 saturated heterocycles. The maximum Gasteiger partial charge on any atom is 0.229 e. The average molecular weight is 267 g/mol. The molecule has 0 saturated carbocycles. The van der Waals surface area contributed by atoms with Crippen molar-refractivity contribution >= 4 is 23.4 Å². The summed E-state index contributed by atoms with van der Waals surface area (Å²) in [7, 11) is 0. The largest absolute Gasteiger partial charge is 0.352 e. The van der Waals surface area contributed by atoms with Gasteiger partial charge >= 0.3 is 0 Å². The number of halogens is 1. The summed E-state index contributed by atoms with van der Waals surface area (Å²) >= 11 is 5.74. The SMILES string of the molecule is C=CCNC(=O)CC(=O)NCc1ccc(Cl)cc1.